The molecule has 0 radical (unpaired) electrons. The molecule has 0 heterocycles. The van der Waals surface area contributed by atoms with Crippen LogP contribution < -0.4 is 19.5 Å². The Hall–Kier alpha value is -4.01. The van der Waals surface area contributed by atoms with Gasteiger partial charge in [0.05, 0.1) is 46.7 Å². The fourth-order valence-electron chi connectivity index (χ4n) is 2.72. The van der Waals surface area contributed by atoms with Crippen LogP contribution in [-0.4, -0.2) is 53.4 Å². The van der Waals surface area contributed by atoms with Crippen LogP contribution in [0.4, 0.5) is 5.69 Å². The number of esters is 2. The normalized spacial score (nSPS) is 10.4. The summed E-state index contributed by atoms with van der Waals surface area (Å²) in [5.41, 5.74) is 1.04. The maximum atomic E-state index is 12.4. The molecule has 2 aromatic carbocycles. The van der Waals surface area contributed by atoms with E-state index >= 15 is 0 Å². The number of benzene rings is 2. The van der Waals surface area contributed by atoms with Gasteiger partial charge in [-0.05, 0) is 42.0 Å². The highest BCUT2D eigenvalue weighted by Crippen LogP contribution is 2.38. The molecule has 0 unspecified atom stereocenters. The standard InChI is InChI=1S/C22H23NO8/c1-27-17-8-13(9-18(28-2)20(17)29-3)6-7-19(24)23-16-11-14(21(25)30-4)10-15(12-16)22(26)31-5/h6-12H,1-5H3,(H,23,24)/b7-6+. The number of hydrogen-bond acceptors (Lipinski definition) is 8. The van der Waals surface area contributed by atoms with Crippen molar-refractivity contribution in [3.05, 3.63) is 53.1 Å². The minimum absolute atomic E-state index is 0.0920. The molecule has 0 atom stereocenters. The molecule has 2 aromatic rings. The van der Waals surface area contributed by atoms with E-state index in [0.717, 1.165) is 0 Å². The highest BCUT2D eigenvalue weighted by molar-refractivity contribution is 6.04. The summed E-state index contributed by atoms with van der Waals surface area (Å²) in [5, 5.41) is 2.60. The number of carbonyl (C=O) groups is 3. The third kappa shape index (κ3) is 5.75. The third-order valence-corrected chi connectivity index (χ3v) is 4.16. The Kier molecular flexibility index (Phi) is 8.01. The van der Waals surface area contributed by atoms with Gasteiger partial charge in [-0.2, -0.15) is 0 Å². The lowest BCUT2D eigenvalue weighted by atomic mass is 10.1. The summed E-state index contributed by atoms with van der Waals surface area (Å²) in [7, 11) is 6.90. The number of rotatable bonds is 8. The average molecular weight is 429 g/mol. The van der Waals surface area contributed by atoms with Crippen LogP contribution in [0.5, 0.6) is 17.2 Å². The predicted molar refractivity (Wildman–Crippen MR) is 113 cm³/mol. The number of ether oxygens (including phenoxy) is 5. The number of carbonyl (C=O) groups excluding carboxylic acids is 3. The Morgan fingerprint density at radius 1 is 0.742 bits per heavy atom. The van der Waals surface area contributed by atoms with Crippen LogP contribution in [0.1, 0.15) is 26.3 Å². The first-order valence-corrected chi connectivity index (χ1v) is 8.97. The van der Waals surface area contributed by atoms with Crippen LogP contribution in [0, 0.1) is 0 Å². The van der Waals surface area contributed by atoms with E-state index in [9.17, 15) is 14.4 Å². The summed E-state index contributed by atoms with van der Waals surface area (Å²) < 4.78 is 25.2. The Bertz CT molecular complexity index is 953. The van der Waals surface area contributed by atoms with E-state index in [-0.39, 0.29) is 16.8 Å². The van der Waals surface area contributed by atoms with Crippen molar-refractivity contribution in [2.75, 3.05) is 40.9 Å². The highest BCUT2D eigenvalue weighted by atomic mass is 16.5. The van der Waals surface area contributed by atoms with Crippen LogP contribution >= 0.6 is 0 Å². The highest BCUT2D eigenvalue weighted by Gasteiger charge is 2.15. The van der Waals surface area contributed by atoms with Crippen molar-refractivity contribution in [3.8, 4) is 17.2 Å². The zero-order chi connectivity index (χ0) is 23.0. The monoisotopic (exact) mass is 429 g/mol. The summed E-state index contributed by atoms with van der Waals surface area (Å²) in [6, 6.07) is 7.46. The van der Waals surface area contributed by atoms with Crippen LogP contribution in [0.2, 0.25) is 0 Å². The van der Waals surface area contributed by atoms with Crippen LogP contribution in [0.25, 0.3) is 6.08 Å². The molecule has 9 heteroatoms. The van der Waals surface area contributed by atoms with Crippen molar-refractivity contribution in [2.45, 2.75) is 0 Å². The molecule has 0 aliphatic heterocycles. The van der Waals surface area contributed by atoms with E-state index in [1.165, 1.54) is 59.8 Å². The smallest absolute Gasteiger partial charge is 0.337 e. The summed E-state index contributed by atoms with van der Waals surface area (Å²) in [4.78, 5) is 36.1. The Labute approximate surface area is 179 Å². The average Bonchev–Trinajstić information content (AvgIpc) is 2.80. The van der Waals surface area contributed by atoms with Crippen LogP contribution in [0.15, 0.2) is 36.4 Å². The quantitative estimate of drug-likeness (QED) is 0.504. The first kappa shape index (κ1) is 23.3. The summed E-state index contributed by atoms with van der Waals surface area (Å²) in [6.07, 6.45) is 2.83. The second kappa shape index (κ2) is 10.7. The second-order valence-electron chi connectivity index (χ2n) is 6.06. The van der Waals surface area contributed by atoms with Gasteiger partial charge in [0.25, 0.3) is 0 Å². The molecule has 0 saturated carbocycles. The lowest BCUT2D eigenvalue weighted by Crippen LogP contribution is -2.12. The van der Waals surface area contributed by atoms with E-state index in [1.807, 2.05) is 0 Å². The summed E-state index contributed by atoms with van der Waals surface area (Å²) in [5.74, 6) is -0.498. The van der Waals surface area contributed by atoms with Crippen molar-refractivity contribution < 1.29 is 38.1 Å². The Morgan fingerprint density at radius 3 is 1.68 bits per heavy atom. The number of amides is 1. The van der Waals surface area contributed by atoms with Gasteiger partial charge >= 0.3 is 11.9 Å². The minimum atomic E-state index is -0.658. The predicted octanol–water partition coefficient (Wildman–Crippen LogP) is 2.94. The lowest BCUT2D eigenvalue weighted by molar-refractivity contribution is -0.111. The van der Waals surface area contributed by atoms with Crippen molar-refractivity contribution in [1.29, 1.82) is 0 Å². The molecule has 0 saturated heterocycles. The molecular weight excluding hydrogens is 406 g/mol. The topological polar surface area (TPSA) is 109 Å². The van der Waals surface area contributed by atoms with E-state index in [2.05, 4.69) is 14.8 Å². The minimum Gasteiger partial charge on any atom is -0.493 e. The lowest BCUT2D eigenvalue weighted by Gasteiger charge is -2.12. The maximum absolute atomic E-state index is 12.4. The molecule has 0 fully saturated rings. The van der Waals surface area contributed by atoms with Gasteiger partial charge < -0.3 is 29.0 Å². The number of nitrogens with one attached hydrogen (secondary N) is 1. The fourth-order valence-corrected chi connectivity index (χ4v) is 2.72. The molecule has 1 amide bonds. The van der Waals surface area contributed by atoms with Gasteiger partial charge in [0, 0.05) is 11.8 Å². The number of methoxy groups -OCH3 is 5. The van der Waals surface area contributed by atoms with Gasteiger partial charge in [0.15, 0.2) is 11.5 Å². The van der Waals surface area contributed by atoms with Crippen molar-refractivity contribution >= 4 is 29.6 Å². The SMILES string of the molecule is COC(=O)c1cc(NC(=O)/C=C/c2cc(OC)c(OC)c(OC)c2)cc(C(=O)OC)c1. The first-order valence-electron chi connectivity index (χ1n) is 8.97. The van der Waals surface area contributed by atoms with E-state index in [1.54, 1.807) is 18.2 Å². The molecule has 1 N–H and O–H groups in total. The van der Waals surface area contributed by atoms with Gasteiger partial charge in [-0.1, -0.05) is 0 Å². The van der Waals surface area contributed by atoms with Gasteiger partial charge in [-0.15, -0.1) is 0 Å². The molecular formula is C22H23NO8. The van der Waals surface area contributed by atoms with E-state index in [0.29, 0.717) is 22.8 Å². The van der Waals surface area contributed by atoms with Crippen molar-refractivity contribution in [2.24, 2.45) is 0 Å². The molecule has 0 bridgehead atoms. The van der Waals surface area contributed by atoms with Gasteiger partial charge in [-0.25, -0.2) is 9.59 Å². The largest absolute Gasteiger partial charge is 0.493 e. The van der Waals surface area contributed by atoms with Crippen molar-refractivity contribution in [3.63, 3.8) is 0 Å². The van der Waals surface area contributed by atoms with Crippen molar-refractivity contribution in [1.82, 2.24) is 0 Å². The zero-order valence-electron chi connectivity index (χ0n) is 17.8. The maximum Gasteiger partial charge on any atom is 0.337 e. The van der Waals surface area contributed by atoms with Gasteiger partial charge in [0.2, 0.25) is 11.7 Å². The number of hydrogen-bond donors (Lipinski definition) is 1. The van der Waals surface area contributed by atoms with Crippen LogP contribution in [-0.2, 0) is 14.3 Å². The molecule has 31 heavy (non-hydrogen) atoms. The fraction of sp³-hybridized carbons (Fsp3) is 0.227. The zero-order valence-corrected chi connectivity index (χ0v) is 17.8. The van der Waals surface area contributed by atoms with Crippen LogP contribution in [0.3, 0.4) is 0 Å². The molecule has 0 aliphatic carbocycles. The molecule has 164 valence electrons. The molecule has 0 spiro atoms. The van der Waals surface area contributed by atoms with Gasteiger partial charge in [-0.3, -0.25) is 4.79 Å². The third-order valence-electron chi connectivity index (χ3n) is 4.16. The molecule has 0 aromatic heterocycles. The van der Waals surface area contributed by atoms with E-state index < -0.39 is 17.8 Å². The number of anilines is 1. The molecule has 9 nitrogen and oxygen atoms in total. The van der Waals surface area contributed by atoms with Gasteiger partial charge in [0.1, 0.15) is 0 Å². The van der Waals surface area contributed by atoms with E-state index in [4.69, 9.17) is 14.2 Å². The molecule has 2 rings (SSSR count). The summed E-state index contributed by atoms with van der Waals surface area (Å²) >= 11 is 0. The molecule has 0 aliphatic rings. The second-order valence-corrected chi connectivity index (χ2v) is 6.06. The first-order chi connectivity index (χ1) is 14.9. The Balaban J connectivity index is 2.28. The summed E-state index contributed by atoms with van der Waals surface area (Å²) in [6.45, 7) is 0. The Morgan fingerprint density at radius 2 is 1.26 bits per heavy atom.